The highest BCUT2D eigenvalue weighted by Crippen LogP contribution is 2.28. The van der Waals surface area contributed by atoms with E-state index in [-0.39, 0.29) is 5.91 Å². The molecule has 0 unspecified atom stereocenters. The van der Waals surface area contributed by atoms with Crippen molar-refractivity contribution in [3.8, 4) is 0 Å². The van der Waals surface area contributed by atoms with Crippen LogP contribution >= 0.6 is 0 Å². The Morgan fingerprint density at radius 2 is 2.25 bits per heavy atom. The summed E-state index contributed by atoms with van der Waals surface area (Å²) in [5, 5.41) is 2.67. The smallest absolute Gasteiger partial charge is 0.250 e. The van der Waals surface area contributed by atoms with E-state index in [2.05, 4.69) is 10.2 Å². The maximum atomic E-state index is 11.6. The van der Waals surface area contributed by atoms with E-state index in [1.54, 1.807) is 12.2 Å². The third-order valence-corrected chi connectivity index (χ3v) is 3.04. The van der Waals surface area contributed by atoms with Gasteiger partial charge in [-0.25, -0.2) is 0 Å². The largest absolute Gasteiger partial charge is 0.296 e. The average molecular weight is 223 g/mol. The van der Waals surface area contributed by atoms with Crippen molar-refractivity contribution in [2.45, 2.75) is 38.5 Å². The van der Waals surface area contributed by atoms with Crippen LogP contribution in [-0.2, 0) is 14.6 Å². The highest BCUT2D eigenvalue weighted by molar-refractivity contribution is 5.77. The first-order chi connectivity index (χ1) is 7.84. The van der Waals surface area contributed by atoms with Gasteiger partial charge in [0, 0.05) is 12.5 Å². The average Bonchev–Trinajstić information content (AvgIpc) is 2.81. The molecule has 0 spiro atoms. The van der Waals surface area contributed by atoms with Crippen LogP contribution in [0.2, 0.25) is 0 Å². The molecule has 4 heteroatoms. The first-order valence-corrected chi connectivity index (χ1v) is 5.84. The summed E-state index contributed by atoms with van der Waals surface area (Å²) in [6.07, 6.45) is 11.5. The molecule has 0 aromatic heterocycles. The second kappa shape index (κ2) is 5.58. The van der Waals surface area contributed by atoms with Crippen LogP contribution in [0.3, 0.4) is 0 Å². The number of hydrogen-bond acceptors (Lipinski definition) is 3. The maximum absolute atomic E-state index is 11.6. The molecule has 16 heavy (non-hydrogen) atoms. The summed E-state index contributed by atoms with van der Waals surface area (Å²) in [6, 6.07) is 0. The Kier molecular flexibility index (Phi) is 3.86. The van der Waals surface area contributed by atoms with Gasteiger partial charge < -0.3 is 0 Å². The van der Waals surface area contributed by atoms with Gasteiger partial charge in [0.25, 0.3) is 5.88 Å². The molecule has 2 rings (SSSR count). The van der Waals surface area contributed by atoms with Crippen LogP contribution in [0.4, 0.5) is 0 Å². The third kappa shape index (κ3) is 3.29. The third-order valence-electron chi connectivity index (χ3n) is 3.04. The highest BCUT2D eigenvalue weighted by atomic mass is 17.2. The fraction of sp³-hybridized carbons (Fsp3) is 0.583. The molecule has 0 aromatic rings. The Labute approximate surface area is 95.2 Å². The fourth-order valence-electron chi connectivity index (χ4n) is 2.16. The van der Waals surface area contributed by atoms with Gasteiger partial charge in [0.15, 0.2) is 0 Å². The van der Waals surface area contributed by atoms with Crippen molar-refractivity contribution in [2.24, 2.45) is 5.92 Å². The van der Waals surface area contributed by atoms with Gasteiger partial charge >= 0.3 is 0 Å². The van der Waals surface area contributed by atoms with Crippen molar-refractivity contribution in [3.05, 3.63) is 24.3 Å². The van der Waals surface area contributed by atoms with Crippen molar-refractivity contribution in [1.29, 1.82) is 0 Å². The Bertz CT molecular complexity index is 303. The van der Waals surface area contributed by atoms with Gasteiger partial charge in [-0.3, -0.25) is 19.9 Å². The van der Waals surface area contributed by atoms with Crippen LogP contribution in [0.25, 0.3) is 0 Å². The van der Waals surface area contributed by atoms with E-state index in [9.17, 15) is 4.79 Å². The molecule has 88 valence electrons. The lowest BCUT2D eigenvalue weighted by Gasteiger charge is -2.12. The molecule has 4 nitrogen and oxygen atoms in total. The second-order valence-corrected chi connectivity index (χ2v) is 4.28. The molecule has 2 aliphatic rings. The monoisotopic (exact) mass is 223 g/mol. The lowest BCUT2D eigenvalue weighted by atomic mass is 10.0. The minimum Gasteiger partial charge on any atom is -0.296 e. The Morgan fingerprint density at radius 1 is 1.44 bits per heavy atom. The zero-order valence-corrected chi connectivity index (χ0v) is 9.28. The Balaban J connectivity index is 1.67. The summed E-state index contributed by atoms with van der Waals surface area (Å²) < 4.78 is 0. The van der Waals surface area contributed by atoms with Gasteiger partial charge in [-0.15, -0.1) is 0 Å². The minimum atomic E-state index is -0.00273. The van der Waals surface area contributed by atoms with Gasteiger partial charge in [-0.1, -0.05) is 25.7 Å². The topological polar surface area (TPSA) is 47.6 Å². The highest BCUT2D eigenvalue weighted by Gasteiger charge is 2.16. The molecule has 0 saturated heterocycles. The minimum absolute atomic E-state index is 0.00273. The number of carbonyl (C=O) groups is 1. The summed E-state index contributed by atoms with van der Waals surface area (Å²) in [5.74, 6) is 1.10. The number of amides is 1. The molecule has 1 amide bonds. The molecule has 0 atom stereocenters. The van der Waals surface area contributed by atoms with E-state index in [0.29, 0.717) is 12.3 Å². The van der Waals surface area contributed by atoms with Gasteiger partial charge in [0.1, 0.15) is 6.26 Å². The number of nitrogens with one attached hydrogen (secondary N) is 1. The predicted molar refractivity (Wildman–Crippen MR) is 58.7 cm³/mol. The summed E-state index contributed by atoms with van der Waals surface area (Å²) in [5.41, 5.74) is 0. The van der Waals surface area contributed by atoms with Crippen LogP contribution < -0.4 is 5.32 Å². The normalized spacial score (nSPS) is 19.9. The van der Waals surface area contributed by atoms with Crippen molar-refractivity contribution in [1.82, 2.24) is 5.32 Å². The van der Waals surface area contributed by atoms with Crippen LogP contribution in [0.15, 0.2) is 24.3 Å². The summed E-state index contributed by atoms with van der Waals surface area (Å²) in [6.45, 7) is 0. The van der Waals surface area contributed by atoms with Crippen molar-refractivity contribution >= 4 is 5.91 Å². The molecular weight excluding hydrogens is 206 g/mol. The molecular formula is C12H17NO3. The van der Waals surface area contributed by atoms with Crippen LogP contribution in [0.1, 0.15) is 38.5 Å². The van der Waals surface area contributed by atoms with Crippen molar-refractivity contribution in [3.63, 3.8) is 0 Å². The van der Waals surface area contributed by atoms with E-state index in [1.165, 1.54) is 31.9 Å². The summed E-state index contributed by atoms with van der Waals surface area (Å²) in [7, 11) is 0. The Morgan fingerprint density at radius 3 is 2.94 bits per heavy atom. The quantitative estimate of drug-likeness (QED) is 0.744. The lowest BCUT2D eigenvalue weighted by molar-refractivity contribution is -0.219. The second-order valence-electron chi connectivity index (χ2n) is 4.28. The van der Waals surface area contributed by atoms with Gasteiger partial charge in [-0.05, 0) is 18.4 Å². The van der Waals surface area contributed by atoms with E-state index >= 15 is 0 Å². The molecule has 1 aliphatic carbocycles. The zero-order chi connectivity index (χ0) is 11.2. The maximum Gasteiger partial charge on any atom is 0.250 e. The molecule has 1 heterocycles. The standard InChI is InChI=1S/C12H17NO3/c14-11(8-7-10-4-1-2-5-10)13-12-6-3-9-15-16-12/h3,6,9-10H,1-2,4-5,7-8H2,(H,13,14). The number of hydrogen-bond donors (Lipinski definition) is 1. The van der Waals surface area contributed by atoms with Crippen LogP contribution in [-0.4, -0.2) is 5.91 Å². The molecule has 0 aromatic carbocycles. The zero-order valence-electron chi connectivity index (χ0n) is 9.28. The van der Waals surface area contributed by atoms with Crippen molar-refractivity contribution in [2.75, 3.05) is 0 Å². The number of allylic oxidation sites excluding steroid dienone is 2. The van der Waals surface area contributed by atoms with Crippen LogP contribution in [0, 0.1) is 5.92 Å². The summed E-state index contributed by atoms with van der Waals surface area (Å²) >= 11 is 0. The number of rotatable bonds is 4. The fourth-order valence-corrected chi connectivity index (χ4v) is 2.16. The molecule has 0 bridgehead atoms. The number of carbonyl (C=O) groups excluding carboxylic acids is 1. The summed E-state index contributed by atoms with van der Waals surface area (Å²) in [4.78, 5) is 20.9. The van der Waals surface area contributed by atoms with E-state index in [0.717, 1.165) is 12.3 Å². The first-order valence-electron chi connectivity index (χ1n) is 5.84. The lowest BCUT2D eigenvalue weighted by Crippen LogP contribution is -2.24. The Hall–Kier alpha value is -1.45. The predicted octanol–water partition coefficient (Wildman–Crippen LogP) is 2.39. The van der Waals surface area contributed by atoms with Gasteiger partial charge in [0.05, 0.1) is 0 Å². The van der Waals surface area contributed by atoms with E-state index in [1.807, 2.05) is 0 Å². The van der Waals surface area contributed by atoms with Crippen LogP contribution in [0.5, 0.6) is 0 Å². The first kappa shape index (κ1) is 11.0. The molecule has 1 aliphatic heterocycles. The van der Waals surface area contributed by atoms with Gasteiger partial charge in [-0.2, -0.15) is 0 Å². The SMILES string of the molecule is O=C(CCC1CCCC1)NC1=CC=COO1. The van der Waals surface area contributed by atoms with E-state index < -0.39 is 0 Å². The molecule has 1 fully saturated rings. The molecule has 1 N–H and O–H groups in total. The molecule has 0 radical (unpaired) electrons. The van der Waals surface area contributed by atoms with Gasteiger partial charge in [0.2, 0.25) is 5.91 Å². The molecule has 1 saturated carbocycles. The van der Waals surface area contributed by atoms with E-state index in [4.69, 9.17) is 4.89 Å². The van der Waals surface area contributed by atoms with Crippen molar-refractivity contribution < 1.29 is 14.6 Å².